The van der Waals surface area contributed by atoms with E-state index < -0.39 is 0 Å². The molecule has 2 N–H and O–H groups in total. The molecule has 3 nitrogen and oxygen atoms in total. The first-order valence-electron chi connectivity index (χ1n) is 5.32. The number of nitrogens with two attached hydrogens (primary N) is 1. The molecule has 0 heterocycles. The number of thiocarbonyl (C=S) groups is 1. The van der Waals surface area contributed by atoms with E-state index in [1.807, 2.05) is 6.92 Å². The Bertz CT molecular complexity index is 233. The second-order valence-corrected chi connectivity index (χ2v) is 5.54. The number of hydrogen-bond donors (Lipinski definition) is 1. The predicted octanol–water partition coefficient (Wildman–Crippen LogP) is 1.95. The lowest BCUT2D eigenvalue weighted by molar-refractivity contribution is -0.132. The summed E-state index contributed by atoms with van der Waals surface area (Å²) in [5.41, 5.74) is 5.48. The van der Waals surface area contributed by atoms with Gasteiger partial charge in [-0.15, -0.1) is 0 Å². The molecule has 0 aliphatic carbocycles. The van der Waals surface area contributed by atoms with Crippen LogP contribution in [-0.2, 0) is 4.79 Å². The molecule has 0 fully saturated rings. The van der Waals surface area contributed by atoms with Gasteiger partial charge in [0.25, 0.3) is 0 Å². The monoisotopic (exact) mass is 230 g/mol. The summed E-state index contributed by atoms with van der Waals surface area (Å²) < 4.78 is 0. The largest absolute Gasteiger partial charge is 0.392 e. The van der Waals surface area contributed by atoms with Gasteiger partial charge in [0.15, 0.2) is 0 Å². The van der Waals surface area contributed by atoms with Gasteiger partial charge in [-0.3, -0.25) is 4.79 Å². The summed E-state index contributed by atoms with van der Waals surface area (Å²) in [6.07, 6.45) is 1.47. The van der Waals surface area contributed by atoms with Gasteiger partial charge in [-0.25, -0.2) is 0 Å². The van der Waals surface area contributed by atoms with Gasteiger partial charge in [0.1, 0.15) is 0 Å². The van der Waals surface area contributed by atoms with E-state index in [0.717, 1.165) is 13.0 Å². The van der Waals surface area contributed by atoms with Crippen molar-refractivity contribution in [2.24, 2.45) is 11.1 Å². The molecule has 0 unspecified atom stereocenters. The molecule has 88 valence electrons. The van der Waals surface area contributed by atoms with Gasteiger partial charge in [0.05, 0.1) is 11.5 Å². The third kappa shape index (κ3) is 7.31. The van der Waals surface area contributed by atoms with Crippen LogP contribution in [0, 0.1) is 5.41 Å². The van der Waals surface area contributed by atoms with Crippen molar-refractivity contribution in [3.05, 3.63) is 0 Å². The van der Waals surface area contributed by atoms with Gasteiger partial charge in [-0.05, 0) is 11.8 Å². The lowest BCUT2D eigenvalue weighted by Gasteiger charge is -2.26. The fraction of sp³-hybridized carbons (Fsp3) is 0.818. The summed E-state index contributed by atoms with van der Waals surface area (Å²) in [4.78, 5) is 14.0. The Morgan fingerprint density at radius 1 is 1.40 bits per heavy atom. The van der Waals surface area contributed by atoms with E-state index in [-0.39, 0.29) is 11.3 Å². The second-order valence-electron chi connectivity index (χ2n) is 5.02. The normalized spacial score (nSPS) is 11.2. The van der Waals surface area contributed by atoms with E-state index in [4.69, 9.17) is 18.0 Å². The molecule has 1 amide bonds. The average Bonchev–Trinajstić information content (AvgIpc) is 1.99. The van der Waals surface area contributed by atoms with Gasteiger partial charge in [0, 0.05) is 13.0 Å². The number of amides is 1. The number of rotatable bonds is 5. The van der Waals surface area contributed by atoms with E-state index in [1.54, 1.807) is 4.90 Å². The Balaban J connectivity index is 4.35. The van der Waals surface area contributed by atoms with Crippen LogP contribution in [0.4, 0.5) is 0 Å². The summed E-state index contributed by atoms with van der Waals surface area (Å²) >= 11 is 4.83. The third-order valence-electron chi connectivity index (χ3n) is 1.87. The Morgan fingerprint density at radius 3 is 2.27 bits per heavy atom. The first kappa shape index (κ1) is 14.4. The maximum atomic E-state index is 11.9. The van der Waals surface area contributed by atoms with Crippen LogP contribution in [0.5, 0.6) is 0 Å². The number of carbonyl (C=O) groups excluding carboxylic acids is 1. The van der Waals surface area contributed by atoms with E-state index in [1.165, 1.54) is 0 Å². The van der Waals surface area contributed by atoms with Crippen LogP contribution in [0.3, 0.4) is 0 Å². The van der Waals surface area contributed by atoms with Crippen LogP contribution < -0.4 is 5.73 Å². The van der Waals surface area contributed by atoms with Gasteiger partial charge in [0.2, 0.25) is 5.91 Å². The second kappa shape index (κ2) is 6.05. The fourth-order valence-electron chi connectivity index (χ4n) is 1.32. The molecule has 0 aliphatic rings. The predicted molar refractivity (Wildman–Crippen MR) is 67.7 cm³/mol. The zero-order chi connectivity index (χ0) is 12.1. The molecule has 0 bridgehead atoms. The standard InChI is InChI=1S/C11H22N2OS/c1-5-6-13(8-9(12)15)10(14)7-11(2,3)4/h5-8H2,1-4H3,(H2,12,15). The van der Waals surface area contributed by atoms with Crippen molar-refractivity contribution in [2.45, 2.75) is 40.5 Å². The Hall–Kier alpha value is -0.640. The lowest BCUT2D eigenvalue weighted by Crippen LogP contribution is -2.39. The van der Waals surface area contributed by atoms with Gasteiger partial charge >= 0.3 is 0 Å². The van der Waals surface area contributed by atoms with Crippen molar-refractivity contribution in [3.8, 4) is 0 Å². The van der Waals surface area contributed by atoms with Crippen LogP contribution in [-0.4, -0.2) is 28.9 Å². The average molecular weight is 230 g/mol. The van der Waals surface area contributed by atoms with Crippen molar-refractivity contribution >= 4 is 23.1 Å². The molecule has 0 aromatic rings. The Morgan fingerprint density at radius 2 is 1.93 bits per heavy atom. The van der Waals surface area contributed by atoms with Gasteiger partial charge < -0.3 is 10.6 Å². The van der Waals surface area contributed by atoms with Crippen LogP contribution in [0.25, 0.3) is 0 Å². The summed E-state index contributed by atoms with van der Waals surface area (Å²) in [5.74, 6) is 0.136. The summed E-state index contributed by atoms with van der Waals surface area (Å²) in [6, 6.07) is 0. The van der Waals surface area contributed by atoms with Gasteiger partial charge in [-0.2, -0.15) is 0 Å². The molecule has 0 saturated heterocycles. The van der Waals surface area contributed by atoms with Crippen LogP contribution >= 0.6 is 12.2 Å². The smallest absolute Gasteiger partial charge is 0.223 e. The van der Waals surface area contributed by atoms with Crippen LogP contribution in [0.2, 0.25) is 0 Å². The SMILES string of the molecule is CCCN(CC(N)=S)C(=O)CC(C)(C)C. The fourth-order valence-corrected chi connectivity index (χ4v) is 1.47. The minimum atomic E-state index is 0.0132. The van der Waals surface area contributed by atoms with Crippen molar-refractivity contribution < 1.29 is 4.79 Å². The molecule has 4 heteroatoms. The minimum Gasteiger partial charge on any atom is -0.392 e. The van der Waals surface area contributed by atoms with Crippen molar-refractivity contribution in [2.75, 3.05) is 13.1 Å². The molecule has 0 aromatic heterocycles. The number of carbonyl (C=O) groups is 1. The summed E-state index contributed by atoms with van der Waals surface area (Å²) in [5, 5.41) is 0. The maximum Gasteiger partial charge on any atom is 0.223 e. The highest BCUT2D eigenvalue weighted by Gasteiger charge is 2.20. The number of nitrogens with zero attached hydrogens (tertiary/aromatic N) is 1. The van der Waals surface area contributed by atoms with E-state index >= 15 is 0 Å². The summed E-state index contributed by atoms with van der Waals surface area (Å²) in [6.45, 7) is 9.32. The molecule has 0 aliphatic heterocycles. The van der Waals surface area contributed by atoms with Crippen LogP contribution in [0.1, 0.15) is 40.5 Å². The third-order valence-corrected chi connectivity index (χ3v) is 2.00. The van der Waals surface area contributed by atoms with Gasteiger partial charge in [-0.1, -0.05) is 39.9 Å². The molecular formula is C11H22N2OS. The minimum absolute atomic E-state index is 0.0132. The molecular weight excluding hydrogens is 208 g/mol. The molecule has 0 atom stereocenters. The van der Waals surface area contributed by atoms with Crippen molar-refractivity contribution in [1.82, 2.24) is 4.90 Å². The highest BCUT2D eigenvalue weighted by atomic mass is 32.1. The molecule has 15 heavy (non-hydrogen) atoms. The molecule has 0 spiro atoms. The molecule has 0 radical (unpaired) electrons. The van der Waals surface area contributed by atoms with Crippen molar-refractivity contribution in [3.63, 3.8) is 0 Å². The topological polar surface area (TPSA) is 46.3 Å². The Labute approximate surface area is 98.0 Å². The highest BCUT2D eigenvalue weighted by molar-refractivity contribution is 7.80. The highest BCUT2D eigenvalue weighted by Crippen LogP contribution is 2.19. The quantitative estimate of drug-likeness (QED) is 0.734. The Kier molecular flexibility index (Phi) is 5.80. The van der Waals surface area contributed by atoms with E-state index in [9.17, 15) is 4.79 Å². The first-order valence-corrected chi connectivity index (χ1v) is 5.73. The first-order chi connectivity index (χ1) is 6.76. The maximum absolute atomic E-state index is 11.9. The van der Waals surface area contributed by atoms with Crippen molar-refractivity contribution in [1.29, 1.82) is 0 Å². The van der Waals surface area contributed by atoms with Crippen LogP contribution in [0.15, 0.2) is 0 Å². The van der Waals surface area contributed by atoms with E-state index in [2.05, 4.69) is 20.8 Å². The zero-order valence-corrected chi connectivity index (χ0v) is 11.0. The molecule has 0 aromatic carbocycles. The zero-order valence-electron chi connectivity index (χ0n) is 10.2. The molecule has 0 rings (SSSR count). The van der Waals surface area contributed by atoms with E-state index in [0.29, 0.717) is 18.0 Å². The summed E-state index contributed by atoms with van der Waals surface area (Å²) in [7, 11) is 0. The number of hydrogen-bond acceptors (Lipinski definition) is 2. The lowest BCUT2D eigenvalue weighted by atomic mass is 9.91. The molecule has 0 saturated carbocycles.